The SMILES string of the molecule is CCCN(C1CC1)S(=O)(=O)c1cnn(CCNCC)c1. The third-order valence-electron chi connectivity index (χ3n) is 3.38. The highest BCUT2D eigenvalue weighted by molar-refractivity contribution is 7.89. The Kier molecular flexibility index (Phi) is 5.17. The Morgan fingerprint density at radius 3 is 2.80 bits per heavy atom. The molecule has 0 bridgehead atoms. The zero-order valence-corrected chi connectivity index (χ0v) is 13.1. The molecule has 1 aliphatic rings. The number of hydrogen-bond donors (Lipinski definition) is 1. The van der Waals surface area contributed by atoms with Crippen molar-refractivity contribution in [2.45, 2.75) is 50.6 Å². The van der Waals surface area contributed by atoms with Gasteiger partial charge in [-0.05, 0) is 25.8 Å². The Balaban J connectivity index is 2.08. The van der Waals surface area contributed by atoms with Gasteiger partial charge < -0.3 is 5.32 Å². The van der Waals surface area contributed by atoms with Crippen LogP contribution in [0.25, 0.3) is 0 Å². The van der Waals surface area contributed by atoms with E-state index in [9.17, 15) is 8.42 Å². The smallest absolute Gasteiger partial charge is 0.246 e. The van der Waals surface area contributed by atoms with Crippen LogP contribution in [0.1, 0.15) is 33.1 Å². The predicted octanol–water partition coefficient (Wildman–Crippen LogP) is 1.06. The normalized spacial score (nSPS) is 15.9. The van der Waals surface area contributed by atoms with Crippen LogP contribution in [0.2, 0.25) is 0 Å². The van der Waals surface area contributed by atoms with Crippen molar-refractivity contribution in [1.82, 2.24) is 19.4 Å². The minimum atomic E-state index is -3.38. The van der Waals surface area contributed by atoms with Gasteiger partial charge in [0.05, 0.1) is 12.7 Å². The summed E-state index contributed by atoms with van der Waals surface area (Å²) in [6.07, 6.45) is 5.90. The Morgan fingerprint density at radius 1 is 1.45 bits per heavy atom. The van der Waals surface area contributed by atoms with Crippen molar-refractivity contribution in [3.05, 3.63) is 12.4 Å². The second kappa shape index (κ2) is 6.69. The average molecular weight is 300 g/mol. The first-order valence-electron chi connectivity index (χ1n) is 7.34. The number of nitrogens with zero attached hydrogens (tertiary/aromatic N) is 3. The number of nitrogens with one attached hydrogen (secondary N) is 1. The molecule has 0 spiro atoms. The molecule has 1 aliphatic carbocycles. The van der Waals surface area contributed by atoms with Crippen molar-refractivity contribution in [2.75, 3.05) is 19.6 Å². The molecule has 1 saturated carbocycles. The van der Waals surface area contributed by atoms with Gasteiger partial charge in [0.15, 0.2) is 0 Å². The van der Waals surface area contributed by atoms with E-state index in [-0.39, 0.29) is 6.04 Å². The van der Waals surface area contributed by atoms with E-state index in [2.05, 4.69) is 10.4 Å². The van der Waals surface area contributed by atoms with Gasteiger partial charge in [-0.15, -0.1) is 0 Å². The largest absolute Gasteiger partial charge is 0.315 e. The molecule has 0 aromatic carbocycles. The van der Waals surface area contributed by atoms with Gasteiger partial charge in [-0.3, -0.25) is 4.68 Å². The standard InChI is InChI=1S/C13H24N4O2S/c1-3-8-17(12-5-6-12)20(18,19)13-10-15-16(11-13)9-7-14-4-2/h10-12,14H,3-9H2,1-2H3. The van der Waals surface area contributed by atoms with Crippen LogP contribution in [0.4, 0.5) is 0 Å². The molecule has 0 aliphatic heterocycles. The lowest BCUT2D eigenvalue weighted by Gasteiger charge is -2.19. The van der Waals surface area contributed by atoms with Gasteiger partial charge in [-0.1, -0.05) is 13.8 Å². The number of rotatable bonds is 9. The molecule has 114 valence electrons. The maximum Gasteiger partial charge on any atom is 0.246 e. The summed E-state index contributed by atoms with van der Waals surface area (Å²) in [4.78, 5) is 0.314. The minimum Gasteiger partial charge on any atom is -0.315 e. The lowest BCUT2D eigenvalue weighted by molar-refractivity contribution is 0.403. The number of aromatic nitrogens is 2. The van der Waals surface area contributed by atoms with Crippen molar-refractivity contribution in [3.63, 3.8) is 0 Å². The molecule has 7 heteroatoms. The quantitative estimate of drug-likeness (QED) is 0.692. The first-order chi connectivity index (χ1) is 9.59. The molecule has 1 heterocycles. The summed E-state index contributed by atoms with van der Waals surface area (Å²) in [5.41, 5.74) is 0. The van der Waals surface area contributed by atoms with Crippen LogP contribution >= 0.6 is 0 Å². The highest BCUT2D eigenvalue weighted by Gasteiger charge is 2.37. The van der Waals surface area contributed by atoms with Crippen LogP contribution in [0, 0.1) is 0 Å². The fourth-order valence-electron chi connectivity index (χ4n) is 2.19. The molecular weight excluding hydrogens is 276 g/mol. The van der Waals surface area contributed by atoms with E-state index in [1.165, 1.54) is 6.20 Å². The third kappa shape index (κ3) is 3.59. The topological polar surface area (TPSA) is 67.2 Å². The van der Waals surface area contributed by atoms with E-state index in [0.29, 0.717) is 18.0 Å². The summed E-state index contributed by atoms with van der Waals surface area (Å²) in [7, 11) is -3.38. The second-order valence-electron chi connectivity index (χ2n) is 5.14. The van der Waals surface area contributed by atoms with Crippen LogP contribution in [0.5, 0.6) is 0 Å². The zero-order chi connectivity index (χ0) is 14.6. The summed E-state index contributed by atoms with van der Waals surface area (Å²) in [5.74, 6) is 0. The van der Waals surface area contributed by atoms with Gasteiger partial charge in [0, 0.05) is 25.3 Å². The van der Waals surface area contributed by atoms with Gasteiger partial charge in [0.2, 0.25) is 10.0 Å². The molecule has 2 rings (SSSR count). The van der Waals surface area contributed by atoms with Gasteiger partial charge in [0.1, 0.15) is 4.90 Å². The summed E-state index contributed by atoms with van der Waals surface area (Å²) >= 11 is 0. The maximum atomic E-state index is 12.6. The fourth-order valence-corrected chi connectivity index (χ4v) is 3.92. The van der Waals surface area contributed by atoms with Crippen molar-refractivity contribution >= 4 is 10.0 Å². The van der Waals surface area contributed by atoms with Crippen LogP contribution in [0.3, 0.4) is 0 Å². The van der Waals surface area contributed by atoms with Crippen molar-refractivity contribution in [2.24, 2.45) is 0 Å². The average Bonchev–Trinajstić information content (AvgIpc) is 3.13. The number of sulfonamides is 1. The first kappa shape index (κ1) is 15.5. The Labute approximate surface area is 121 Å². The lowest BCUT2D eigenvalue weighted by atomic mass is 10.5. The monoisotopic (exact) mass is 300 g/mol. The van der Waals surface area contributed by atoms with E-state index in [0.717, 1.165) is 32.4 Å². The molecule has 1 aromatic rings. The molecule has 0 unspecified atom stereocenters. The Bertz CT molecular complexity index is 522. The van der Waals surface area contributed by atoms with E-state index in [1.807, 2.05) is 13.8 Å². The van der Waals surface area contributed by atoms with Crippen LogP contribution < -0.4 is 5.32 Å². The van der Waals surface area contributed by atoms with Crippen molar-refractivity contribution in [1.29, 1.82) is 0 Å². The van der Waals surface area contributed by atoms with Crippen LogP contribution in [-0.4, -0.2) is 48.2 Å². The van der Waals surface area contributed by atoms with Crippen molar-refractivity contribution in [3.8, 4) is 0 Å². The summed E-state index contributed by atoms with van der Waals surface area (Å²) < 4.78 is 28.5. The molecular formula is C13H24N4O2S. The second-order valence-corrected chi connectivity index (χ2v) is 7.03. The van der Waals surface area contributed by atoms with Gasteiger partial charge >= 0.3 is 0 Å². The molecule has 0 atom stereocenters. The third-order valence-corrected chi connectivity index (χ3v) is 5.29. The van der Waals surface area contributed by atoms with E-state index < -0.39 is 10.0 Å². The molecule has 20 heavy (non-hydrogen) atoms. The van der Waals surface area contributed by atoms with Gasteiger partial charge in [-0.25, -0.2) is 8.42 Å². The van der Waals surface area contributed by atoms with Crippen LogP contribution in [0.15, 0.2) is 17.3 Å². The summed E-state index contributed by atoms with van der Waals surface area (Å²) in [5, 5.41) is 7.34. The summed E-state index contributed by atoms with van der Waals surface area (Å²) in [6, 6.07) is 0.199. The van der Waals surface area contributed by atoms with Gasteiger partial charge in [-0.2, -0.15) is 9.40 Å². The number of likely N-dealkylation sites (N-methyl/N-ethyl adjacent to an activating group) is 1. The minimum absolute atomic E-state index is 0.199. The number of hydrogen-bond acceptors (Lipinski definition) is 4. The van der Waals surface area contributed by atoms with Crippen LogP contribution in [-0.2, 0) is 16.6 Å². The molecule has 6 nitrogen and oxygen atoms in total. The van der Waals surface area contributed by atoms with E-state index >= 15 is 0 Å². The highest BCUT2D eigenvalue weighted by atomic mass is 32.2. The maximum absolute atomic E-state index is 12.6. The molecule has 1 aromatic heterocycles. The highest BCUT2D eigenvalue weighted by Crippen LogP contribution is 2.31. The van der Waals surface area contributed by atoms with Gasteiger partial charge in [0.25, 0.3) is 0 Å². The molecule has 1 N–H and O–H groups in total. The molecule has 0 saturated heterocycles. The molecule has 1 fully saturated rings. The summed E-state index contributed by atoms with van der Waals surface area (Å²) in [6.45, 7) is 7.01. The van der Waals surface area contributed by atoms with E-state index in [4.69, 9.17) is 0 Å². The molecule has 0 amide bonds. The van der Waals surface area contributed by atoms with Crippen molar-refractivity contribution < 1.29 is 8.42 Å². The predicted molar refractivity (Wildman–Crippen MR) is 78.0 cm³/mol. The fraction of sp³-hybridized carbons (Fsp3) is 0.769. The molecule has 0 radical (unpaired) electrons. The van der Waals surface area contributed by atoms with E-state index in [1.54, 1.807) is 15.2 Å². The Morgan fingerprint density at radius 2 is 2.20 bits per heavy atom. The Hall–Kier alpha value is -0.920. The lowest BCUT2D eigenvalue weighted by Crippen LogP contribution is -2.33. The first-order valence-corrected chi connectivity index (χ1v) is 8.78. The zero-order valence-electron chi connectivity index (χ0n) is 12.2.